The molecule has 2 aromatic rings. The number of para-hydroxylation sites is 1. The third-order valence-electron chi connectivity index (χ3n) is 4.15. The van der Waals surface area contributed by atoms with E-state index < -0.39 is 0 Å². The number of aryl methyl sites for hydroxylation is 1. The van der Waals surface area contributed by atoms with E-state index in [4.69, 9.17) is 0 Å². The smallest absolute Gasteiger partial charge is 0.238 e. The van der Waals surface area contributed by atoms with Crippen molar-refractivity contribution in [1.29, 1.82) is 0 Å². The van der Waals surface area contributed by atoms with Crippen LogP contribution in [0.3, 0.4) is 0 Å². The van der Waals surface area contributed by atoms with Crippen LogP contribution in [0.2, 0.25) is 0 Å². The Morgan fingerprint density at radius 3 is 2.52 bits per heavy atom. The highest BCUT2D eigenvalue weighted by molar-refractivity contribution is 7.09. The molecule has 6 nitrogen and oxygen atoms in total. The van der Waals surface area contributed by atoms with Gasteiger partial charge >= 0.3 is 0 Å². The van der Waals surface area contributed by atoms with Crippen molar-refractivity contribution >= 4 is 28.8 Å². The second-order valence-corrected chi connectivity index (χ2v) is 7.17. The molecule has 0 unspecified atom stereocenters. The van der Waals surface area contributed by atoms with Gasteiger partial charge in [-0.1, -0.05) is 18.2 Å². The molecule has 1 saturated heterocycles. The molecule has 0 bridgehead atoms. The number of nitrogens with zero attached hydrogens (tertiary/aromatic N) is 3. The van der Waals surface area contributed by atoms with E-state index in [0.29, 0.717) is 39.1 Å². The number of rotatable bonds is 5. The van der Waals surface area contributed by atoms with Crippen LogP contribution in [0.1, 0.15) is 10.7 Å². The lowest BCUT2D eigenvalue weighted by Crippen LogP contribution is -2.50. The van der Waals surface area contributed by atoms with E-state index in [1.807, 2.05) is 47.5 Å². The average molecular weight is 358 g/mol. The van der Waals surface area contributed by atoms with E-state index in [1.165, 1.54) is 0 Å². The van der Waals surface area contributed by atoms with E-state index in [1.54, 1.807) is 11.3 Å². The summed E-state index contributed by atoms with van der Waals surface area (Å²) in [5.41, 5.74) is 1.65. The summed E-state index contributed by atoms with van der Waals surface area (Å²) < 4.78 is 0. The fourth-order valence-electron chi connectivity index (χ4n) is 2.84. The van der Waals surface area contributed by atoms with Crippen LogP contribution in [-0.2, 0) is 16.0 Å². The van der Waals surface area contributed by atoms with Gasteiger partial charge in [-0.05, 0) is 19.1 Å². The molecule has 132 valence electrons. The fourth-order valence-corrected chi connectivity index (χ4v) is 3.45. The van der Waals surface area contributed by atoms with E-state index >= 15 is 0 Å². The molecule has 0 spiro atoms. The first-order valence-electron chi connectivity index (χ1n) is 8.36. The van der Waals surface area contributed by atoms with Gasteiger partial charge in [-0.2, -0.15) is 0 Å². The molecule has 25 heavy (non-hydrogen) atoms. The number of hydrogen-bond acceptors (Lipinski definition) is 5. The summed E-state index contributed by atoms with van der Waals surface area (Å²) >= 11 is 1.57. The summed E-state index contributed by atoms with van der Waals surface area (Å²) in [5.74, 6) is 0.0858. The zero-order valence-corrected chi connectivity index (χ0v) is 15.1. The van der Waals surface area contributed by atoms with Crippen LogP contribution in [0.25, 0.3) is 0 Å². The number of thiazole rings is 1. The number of benzene rings is 1. The maximum atomic E-state index is 12.3. The molecule has 1 aromatic heterocycles. The molecular weight excluding hydrogens is 336 g/mol. The van der Waals surface area contributed by atoms with E-state index in [0.717, 1.165) is 16.4 Å². The molecule has 1 fully saturated rings. The summed E-state index contributed by atoms with van der Waals surface area (Å²) in [6.07, 6.45) is 0.360. The lowest BCUT2D eigenvalue weighted by Gasteiger charge is -2.34. The first-order valence-corrected chi connectivity index (χ1v) is 9.24. The van der Waals surface area contributed by atoms with E-state index in [2.05, 4.69) is 15.2 Å². The number of anilines is 1. The van der Waals surface area contributed by atoms with Crippen LogP contribution < -0.4 is 5.32 Å². The van der Waals surface area contributed by atoms with Gasteiger partial charge in [-0.25, -0.2) is 4.98 Å². The molecule has 2 heterocycles. The third-order valence-corrected chi connectivity index (χ3v) is 4.97. The van der Waals surface area contributed by atoms with Gasteiger partial charge in [0.05, 0.1) is 23.7 Å². The van der Waals surface area contributed by atoms with Gasteiger partial charge in [0, 0.05) is 37.2 Å². The number of piperazine rings is 1. The van der Waals surface area contributed by atoms with Crippen LogP contribution >= 0.6 is 11.3 Å². The summed E-state index contributed by atoms with van der Waals surface area (Å²) in [5, 5.41) is 5.82. The number of aromatic nitrogens is 1. The van der Waals surface area contributed by atoms with Crippen LogP contribution in [0.15, 0.2) is 35.7 Å². The van der Waals surface area contributed by atoms with Crippen molar-refractivity contribution in [2.24, 2.45) is 0 Å². The van der Waals surface area contributed by atoms with Crippen molar-refractivity contribution in [2.75, 3.05) is 38.0 Å². The standard InChI is InChI=1S/C18H22N4O2S/c1-14-19-16(13-25-14)11-18(24)22-9-7-21(8-10-22)12-17(23)20-15-5-3-2-4-6-15/h2-6,13H,7-12H2,1H3,(H,20,23). The minimum absolute atomic E-state index is 0.0241. The predicted octanol–water partition coefficient (Wildman–Crippen LogP) is 1.78. The normalized spacial score (nSPS) is 15.2. The minimum atomic E-state index is -0.0241. The lowest BCUT2D eigenvalue weighted by atomic mass is 10.2. The minimum Gasteiger partial charge on any atom is -0.340 e. The van der Waals surface area contributed by atoms with E-state index in [9.17, 15) is 9.59 Å². The average Bonchev–Trinajstić information content (AvgIpc) is 3.01. The van der Waals surface area contributed by atoms with Crippen LogP contribution in [-0.4, -0.2) is 59.3 Å². The number of carbonyl (C=O) groups excluding carboxylic acids is 2. The summed E-state index contributed by atoms with van der Waals surface area (Å²) in [4.78, 5) is 32.7. The number of nitrogens with one attached hydrogen (secondary N) is 1. The Balaban J connectivity index is 1.42. The predicted molar refractivity (Wildman–Crippen MR) is 98.6 cm³/mol. The Bertz CT molecular complexity index is 724. The highest BCUT2D eigenvalue weighted by Gasteiger charge is 2.23. The van der Waals surface area contributed by atoms with Gasteiger partial charge in [-0.3, -0.25) is 14.5 Å². The lowest BCUT2D eigenvalue weighted by molar-refractivity contribution is -0.132. The fraction of sp³-hybridized carbons (Fsp3) is 0.389. The van der Waals surface area contributed by atoms with Crippen LogP contribution in [0.5, 0.6) is 0 Å². The number of carbonyl (C=O) groups is 2. The maximum Gasteiger partial charge on any atom is 0.238 e. The molecule has 3 rings (SSSR count). The highest BCUT2D eigenvalue weighted by Crippen LogP contribution is 2.11. The first-order chi connectivity index (χ1) is 12.1. The molecule has 1 aliphatic heterocycles. The van der Waals surface area contributed by atoms with Crippen molar-refractivity contribution in [1.82, 2.24) is 14.8 Å². The molecule has 1 N–H and O–H groups in total. The Labute approximate surface area is 151 Å². The monoisotopic (exact) mass is 358 g/mol. The SMILES string of the molecule is Cc1nc(CC(=O)N2CCN(CC(=O)Nc3ccccc3)CC2)cs1. The van der Waals surface area contributed by atoms with Crippen molar-refractivity contribution in [3.05, 3.63) is 46.4 Å². The molecule has 0 aliphatic carbocycles. The van der Waals surface area contributed by atoms with Gasteiger partial charge < -0.3 is 10.2 Å². The molecule has 0 atom stereocenters. The zero-order chi connectivity index (χ0) is 17.6. The molecular formula is C18H22N4O2S. The molecule has 7 heteroatoms. The van der Waals surface area contributed by atoms with Crippen molar-refractivity contribution < 1.29 is 9.59 Å². The second-order valence-electron chi connectivity index (χ2n) is 6.11. The van der Waals surface area contributed by atoms with Crippen LogP contribution in [0.4, 0.5) is 5.69 Å². The Morgan fingerprint density at radius 1 is 1.16 bits per heavy atom. The van der Waals surface area contributed by atoms with Crippen molar-refractivity contribution in [3.8, 4) is 0 Å². The highest BCUT2D eigenvalue weighted by atomic mass is 32.1. The summed E-state index contributed by atoms with van der Waals surface area (Å²) in [7, 11) is 0. The summed E-state index contributed by atoms with van der Waals surface area (Å²) in [6, 6.07) is 9.44. The van der Waals surface area contributed by atoms with Crippen molar-refractivity contribution in [3.63, 3.8) is 0 Å². The van der Waals surface area contributed by atoms with Crippen molar-refractivity contribution in [2.45, 2.75) is 13.3 Å². The van der Waals surface area contributed by atoms with Gasteiger partial charge in [0.2, 0.25) is 11.8 Å². The Kier molecular flexibility index (Phi) is 5.78. The second kappa shape index (κ2) is 8.22. The zero-order valence-electron chi connectivity index (χ0n) is 14.3. The molecule has 0 radical (unpaired) electrons. The molecule has 1 aromatic carbocycles. The number of hydrogen-bond donors (Lipinski definition) is 1. The quantitative estimate of drug-likeness (QED) is 0.885. The van der Waals surface area contributed by atoms with Gasteiger partial charge in [-0.15, -0.1) is 11.3 Å². The van der Waals surface area contributed by atoms with Gasteiger partial charge in [0.25, 0.3) is 0 Å². The molecule has 0 saturated carbocycles. The third kappa shape index (κ3) is 5.11. The molecule has 2 amide bonds. The van der Waals surface area contributed by atoms with Crippen LogP contribution in [0, 0.1) is 6.92 Å². The topological polar surface area (TPSA) is 65.5 Å². The van der Waals surface area contributed by atoms with Gasteiger partial charge in [0.15, 0.2) is 0 Å². The molecule has 1 aliphatic rings. The Morgan fingerprint density at radius 2 is 1.88 bits per heavy atom. The van der Waals surface area contributed by atoms with E-state index in [-0.39, 0.29) is 11.8 Å². The largest absolute Gasteiger partial charge is 0.340 e. The number of amides is 2. The Hall–Kier alpha value is -2.25. The maximum absolute atomic E-state index is 12.3. The first kappa shape index (κ1) is 17.6. The summed E-state index contributed by atoms with van der Waals surface area (Å²) in [6.45, 7) is 5.02. The van der Waals surface area contributed by atoms with Gasteiger partial charge in [0.1, 0.15) is 0 Å².